The largest absolute Gasteiger partial charge is 0.410 e. The highest BCUT2D eigenvalue weighted by Crippen LogP contribution is 2.29. The van der Waals surface area contributed by atoms with Crippen LogP contribution < -0.4 is 0 Å². The average Bonchev–Trinajstić information content (AvgIpc) is 3.33. The van der Waals surface area contributed by atoms with Crippen LogP contribution in [0.15, 0.2) is 56.9 Å². The monoisotopic (exact) mass is 358 g/mol. The third kappa shape index (κ3) is 3.34. The molecule has 4 heterocycles. The van der Waals surface area contributed by atoms with Gasteiger partial charge in [-0.25, -0.2) is 4.98 Å². The Morgan fingerprint density at radius 2 is 2.09 bits per heavy atom. The molecule has 23 heavy (non-hydrogen) atoms. The molecule has 114 valence electrons. The van der Waals surface area contributed by atoms with Crippen LogP contribution in [0.3, 0.4) is 0 Å². The van der Waals surface area contributed by atoms with Crippen LogP contribution in [0.5, 0.6) is 0 Å². The minimum atomic E-state index is 0.556. The summed E-state index contributed by atoms with van der Waals surface area (Å²) < 4.78 is 5.66. The van der Waals surface area contributed by atoms with Gasteiger partial charge in [-0.1, -0.05) is 23.9 Å². The van der Waals surface area contributed by atoms with E-state index in [-0.39, 0.29) is 0 Å². The maximum atomic E-state index is 5.66. The van der Waals surface area contributed by atoms with Gasteiger partial charge in [0.15, 0.2) is 0 Å². The van der Waals surface area contributed by atoms with Crippen molar-refractivity contribution in [2.45, 2.75) is 11.0 Å². The molecule has 0 aliphatic carbocycles. The number of thiophene rings is 1. The van der Waals surface area contributed by atoms with E-state index in [4.69, 9.17) is 4.42 Å². The third-order valence-electron chi connectivity index (χ3n) is 2.92. The zero-order valence-electron chi connectivity index (χ0n) is 11.7. The highest BCUT2D eigenvalue weighted by molar-refractivity contribution is 7.98. The molecule has 0 aromatic carbocycles. The second kappa shape index (κ2) is 6.61. The fraction of sp³-hybridized carbons (Fsp3) is 0.0667. The van der Waals surface area contributed by atoms with Crippen molar-refractivity contribution < 1.29 is 4.42 Å². The Balaban J connectivity index is 1.43. The third-order valence-corrected chi connectivity index (χ3v) is 5.54. The Kier molecular flexibility index (Phi) is 4.18. The van der Waals surface area contributed by atoms with E-state index in [0.29, 0.717) is 16.9 Å². The molecule has 4 rings (SSSR count). The summed E-state index contributed by atoms with van der Waals surface area (Å²) in [5.74, 6) is 1.25. The molecular formula is C15H10N4OS3. The van der Waals surface area contributed by atoms with Gasteiger partial charge in [0.25, 0.3) is 11.1 Å². The van der Waals surface area contributed by atoms with Crippen LogP contribution in [-0.2, 0) is 5.75 Å². The molecule has 0 N–H and O–H groups in total. The minimum Gasteiger partial charge on any atom is -0.410 e. The normalized spacial score (nSPS) is 11.0. The van der Waals surface area contributed by atoms with Crippen LogP contribution >= 0.6 is 34.4 Å². The molecule has 0 amide bonds. The summed E-state index contributed by atoms with van der Waals surface area (Å²) in [6, 6.07) is 9.75. The molecule has 0 unspecified atom stereocenters. The lowest BCUT2D eigenvalue weighted by atomic mass is 10.4. The average molecular weight is 358 g/mol. The lowest BCUT2D eigenvalue weighted by molar-refractivity contribution is 0.466. The minimum absolute atomic E-state index is 0.556. The van der Waals surface area contributed by atoms with Crippen molar-refractivity contribution in [3.05, 3.63) is 53.0 Å². The van der Waals surface area contributed by atoms with Crippen molar-refractivity contribution in [3.8, 4) is 21.5 Å². The van der Waals surface area contributed by atoms with E-state index < -0.39 is 0 Å². The molecule has 8 heteroatoms. The number of rotatable bonds is 5. The Hall–Kier alpha value is -2.03. The number of aromatic nitrogens is 4. The molecule has 0 saturated heterocycles. The molecule has 0 bridgehead atoms. The van der Waals surface area contributed by atoms with Gasteiger partial charge in [-0.2, -0.15) is 0 Å². The van der Waals surface area contributed by atoms with Gasteiger partial charge in [-0.15, -0.1) is 32.9 Å². The predicted octanol–water partition coefficient (Wildman–Crippen LogP) is 4.61. The molecule has 0 radical (unpaired) electrons. The first-order valence-corrected chi connectivity index (χ1v) is 9.49. The van der Waals surface area contributed by atoms with E-state index in [1.54, 1.807) is 28.9 Å². The summed E-state index contributed by atoms with van der Waals surface area (Å²) in [4.78, 5) is 9.90. The molecule has 0 atom stereocenters. The van der Waals surface area contributed by atoms with Crippen LogP contribution in [0, 0.1) is 0 Å². The summed E-state index contributed by atoms with van der Waals surface area (Å²) in [6.45, 7) is 0. The van der Waals surface area contributed by atoms with E-state index in [0.717, 1.165) is 21.3 Å². The second-order valence-corrected chi connectivity index (χ2v) is 7.23. The Morgan fingerprint density at radius 3 is 2.91 bits per heavy atom. The molecule has 0 spiro atoms. The summed E-state index contributed by atoms with van der Waals surface area (Å²) in [5, 5.41) is 13.6. The first-order valence-electron chi connectivity index (χ1n) is 6.74. The van der Waals surface area contributed by atoms with Gasteiger partial charge in [0.2, 0.25) is 0 Å². The lowest BCUT2D eigenvalue weighted by Crippen LogP contribution is -1.84. The van der Waals surface area contributed by atoms with Gasteiger partial charge < -0.3 is 4.42 Å². The highest BCUT2D eigenvalue weighted by atomic mass is 32.2. The van der Waals surface area contributed by atoms with E-state index in [1.807, 2.05) is 41.1 Å². The quantitative estimate of drug-likeness (QED) is 0.485. The van der Waals surface area contributed by atoms with Gasteiger partial charge in [-0.3, -0.25) is 4.98 Å². The van der Waals surface area contributed by atoms with Crippen molar-refractivity contribution in [1.29, 1.82) is 0 Å². The van der Waals surface area contributed by atoms with E-state index in [9.17, 15) is 0 Å². The molecule has 0 aliphatic rings. The number of thioether (sulfide) groups is 1. The van der Waals surface area contributed by atoms with E-state index in [1.165, 1.54) is 11.8 Å². The number of hydrogen-bond acceptors (Lipinski definition) is 8. The fourth-order valence-corrected chi connectivity index (χ4v) is 4.08. The molecule has 0 saturated carbocycles. The molecular weight excluding hydrogens is 348 g/mol. The first kappa shape index (κ1) is 14.6. The van der Waals surface area contributed by atoms with Crippen LogP contribution in [0.25, 0.3) is 21.5 Å². The summed E-state index contributed by atoms with van der Waals surface area (Å²) in [6.07, 6.45) is 1.77. The fourth-order valence-electron chi connectivity index (χ4n) is 1.88. The van der Waals surface area contributed by atoms with Crippen molar-refractivity contribution in [2.24, 2.45) is 0 Å². The van der Waals surface area contributed by atoms with Crippen LogP contribution in [0.2, 0.25) is 0 Å². The molecule has 0 aliphatic heterocycles. The van der Waals surface area contributed by atoms with E-state index in [2.05, 4.69) is 20.2 Å². The highest BCUT2D eigenvalue weighted by Gasteiger charge is 2.11. The lowest BCUT2D eigenvalue weighted by Gasteiger charge is -1.94. The van der Waals surface area contributed by atoms with Crippen molar-refractivity contribution in [1.82, 2.24) is 20.2 Å². The zero-order valence-corrected chi connectivity index (χ0v) is 14.2. The predicted molar refractivity (Wildman–Crippen MR) is 92.5 cm³/mol. The molecule has 0 fully saturated rings. The van der Waals surface area contributed by atoms with Crippen molar-refractivity contribution >= 4 is 34.4 Å². The van der Waals surface area contributed by atoms with Crippen LogP contribution in [0.1, 0.15) is 5.69 Å². The van der Waals surface area contributed by atoms with Gasteiger partial charge >= 0.3 is 0 Å². The van der Waals surface area contributed by atoms with Crippen LogP contribution in [0.4, 0.5) is 0 Å². The van der Waals surface area contributed by atoms with Crippen molar-refractivity contribution in [2.75, 3.05) is 0 Å². The van der Waals surface area contributed by atoms with Crippen LogP contribution in [-0.4, -0.2) is 20.2 Å². The number of thiazole rings is 1. The molecule has 4 aromatic heterocycles. The topological polar surface area (TPSA) is 64.7 Å². The zero-order chi connectivity index (χ0) is 15.5. The summed E-state index contributed by atoms with van der Waals surface area (Å²) >= 11 is 4.66. The summed E-state index contributed by atoms with van der Waals surface area (Å²) in [7, 11) is 0. The maximum Gasteiger partial charge on any atom is 0.277 e. The van der Waals surface area contributed by atoms with Gasteiger partial charge in [0.1, 0.15) is 5.01 Å². The molecule has 4 aromatic rings. The Bertz CT molecular complexity index is 887. The molecule has 5 nitrogen and oxygen atoms in total. The van der Waals surface area contributed by atoms with Crippen molar-refractivity contribution in [3.63, 3.8) is 0 Å². The maximum absolute atomic E-state index is 5.66. The van der Waals surface area contributed by atoms with Gasteiger partial charge in [0.05, 0.1) is 16.3 Å². The SMILES string of the molecule is c1ccc(-c2nc(CSc3nnc(-c4cccs4)o3)cs2)nc1. The van der Waals surface area contributed by atoms with Gasteiger partial charge in [-0.05, 0) is 23.6 Å². The number of pyridine rings is 1. The van der Waals surface area contributed by atoms with E-state index >= 15 is 0 Å². The second-order valence-electron chi connectivity index (χ2n) is 4.50. The summed E-state index contributed by atoms with van der Waals surface area (Å²) in [5.41, 5.74) is 1.88. The smallest absolute Gasteiger partial charge is 0.277 e. The number of hydrogen-bond donors (Lipinski definition) is 0. The van der Waals surface area contributed by atoms with Gasteiger partial charge in [0, 0.05) is 17.3 Å². The Labute approximate surface area is 144 Å². The Morgan fingerprint density at radius 1 is 1.09 bits per heavy atom. The first-order chi connectivity index (χ1) is 11.4. The standard InChI is InChI=1S/C15H10N4OS3/c1-2-6-16-11(4-1)14-17-10(8-22-14)9-23-15-19-18-13(20-15)12-5-3-7-21-12/h1-8H,9H2. The number of nitrogens with zero attached hydrogens (tertiary/aromatic N) is 4.